The van der Waals surface area contributed by atoms with Crippen LogP contribution < -0.4 is 21.7 Å². The number of aliphatic hydroxyl groups is 9. The summed E-state index contributed by atoms with van der Waals surface area (Å²) in [6.45, 7) is 38.4. The minimum atomic E-state index is -2.00. The number of aliphatic hydroxyl groups excluding tert-OH is 5. The van der Waals surface area contributed by atoms with Crippen LogP contribution in [0.4, 0.5) is 4.79 Å². The van der Waals surface area contributed by atoms with E-state index in [9.17, 15) is 65.1 Å². The lowest BCUT2D eigenvalue weighted by molar-refractivity contribution is -0.318. The summed E-state index contributed by atoms with van der Waals surface area (Å²) in [5, 5.41) is 118. The molecule has 6 heterocycles. The summed E-state index contributed by atoms with van der Waals surface area (Å²) >= 11 is 0. The zero-order valence-electron chi connectivity index (χ0n) is 71.1. The predicted octanol–water partition coefficient (Wildman–Crippen LogP) is 5.55. The van der Waals surface area contributed by atoms with E-state index in [1.54, 1.807) is 96.9 Å². The topological polar surface area (TPSA) is 432 Å². The van der Waals surface area contributed by atoms with Gasteiger partial charge in [0.25, 0.3) is 0 Å². The summed E-state index contributed by atoms with van der Waals surface area (Å²) < 4.78 is 82.7. The number of alkyl carbamates (subject to hydrolysis) is 1. The van der Waals surface area contributed by atoms with E-state index in [-0.39, 0.29) is 94.5 Å². The molecule has 0 radical (unpaired) electrons. The Morgan fingerprint density at radius 3 is 1.40 bits per heavy atom. The van der Waals surface area contributed by atoms with Gasteiger partial charge in [0.2, 0.25) is 5.91 Å². The highest BCUT2D eigenvalue weighted by molar-refractivity contribution is 5.76. The van der Waals surface area contributed by atoms with E-state index in [0.717, 1.165) is 0 Å². The molecular weight excluding hydrogens is 1440 g/mol. The molecule has 14 N–H and O–H groups in total. The Balaban J connectivity index is 1.10. The molecule has 30 nitrogen and oxygen atoms in total. The molecule has 0 aliphatic carbocycles. The summed E-state index contributed by atoms with van der Waals surface area (Å²) in [6.07, 6.45) is -18.6. The molecule has 6 fully saturated rings. The maximum Gasteiger partial charge on any atom is 0.407 e. The quantitative estimate of drug-likeness (QED) is 0.0338. The Bertz CT molecular complexity index is 2900. The van der Waals surface area contributed by atoms with E-state index in [0.29, 0.717) is 32.1 Å². The van der Waals surface area contributed by atoms with E-state index < -0.39 is 222 Å². The number of esters is 2. The van der Waals surface area contributed by atoms with E-state index in [1.165, 1.54) is 28.1 Å². The first-order valence-electron chi connectivity index (χ1n) is 41.2. The molecule has 0 saturated carbocycles. The molecule has 0 aromatic heterocycles. The van der Waals surface area contributed by atoms with Crippen molar-refractivity contribution in [1.29, 1.82) is 0 Å². The van der Waals surface area contributed by atoms with Crippen molar-refractivity contribution in [2.24, 2.45) is 64.9 Å². The maximum absolute atomic E-state index is 14.6. The number of nitrogens with one attached hydrogen (secondary N) is 3. The third-order valence-corrected chi connectivity index (χ3v) is 26.0. The number of amides is 2. The van der Waals surface area contributed by atoms with Gasteiger partial charge in [-0.3, -0.25) is 14.4 Å². The highest BCUT2D eigenvalue weighted by Gasteiger charge is 2.58. The zero-order valence-corrected chi connectivity index (χ0v) is 71.1. The number of methoxy groups -OCH3 is 2. The second kappa shape index (κ2) is 40.5. The van der Waals surface area contributed by atoms with Gasteiger partial charge in [0.1, 0.15) is 47.3 Å². The van der Waals surface area contributed by atoms with Gasteiger partial charge >= 0.3 is 18.0 Å². The molecule has 6 aliphatic heterocycles. The molecule has 30 heteroatoms. The lowest BCUT2D eigenvalue weighted by Gasteiger charge is -2.49. The smallest absolute Gasteiger partial charge is 0.407 e. The van der Waals surface area contributed by atoms with Crippen molar-refractivity contribution >= 4 is 23.9 Å². The van der Waals surface area contributed by atoms with Crippen LogP contribution in [-0.4, -0.2) is 272 Å². The minimum absolute atomic E-state index is 0.00466. The van der Waals surface area contributed by atoms with Gasteiger partial charge in [-0.25, -0.2) is 4.79 Å². The summed E-state index contributed by atoms with van der Waals surface area (Å²) in [5.74, 6) is -8.75. The van der Waals surface area contributed by atoms with E-state index in [1.807, 2.05) is 41.5 Å². The van der Waals surface area contributed by atoms with Crippen LogP contribution in [0.2, 0.25) is 0 Å². The van der Waals surface area contributed by atoms with Gasteiger partial charge in [-0.15, -0.1) is 0 Å². The van der Waals surface area contributed by atoms with Crippen molar-refractivity contribution in [3.63, 3.8) is 0 Å². The van der Waals surface area contributed by atoms with E-state index in [2.05, 4.69) is 16.0 Å². The molecule has 0 aromatic carbocycles. The van der Waals surface area contributed by atoms with Crippen molar-refractivity contribution in [3.05, 3.63) is 0 Å². The van der Waals surface area contributed by atoms with Crippen LogP contribution in [-0.2, 0) is 76.0 Å². The standard InChI is InChI=1S/C81H148N4O26/c1-25-54-80(21,97)65(89)46(9)59(82)42(5)36-76(17,95)68(109-73-61(87)40(3)34-44(7)101-73)48(11)64(51(14)71(92)105-54)108-58-39-79(20,100-24)70(53(16)104-58)111-75(94)85-31-29-27-28-30-56(86)83-32-33-84-60-43(6)37-77(18,96)69(110-74-62(88)41(4)35-45(8)102-74)49(12)63(107-57-38-78(19,99-23)67(91)52(15)103-57)50(13)72(93)106-55(26-2)81(22,98)66(90)47(60)10/h40-55,57-70,73-74,84,87-91,95-98H,25-39,82H2,1-24H3,(H,83,86)(H,85,94)/t40?,41?,42-,43-,44?,45?,46+,47+,48+,49+,50-,51-,52?,53?,54-,55-,57?,58?,59+,60+,61?,62?,63+,64+,65-,66-,67?,68-,69-,70?,73?,74?,76-,77-,78?,79?,80-,81-/m1/s1. The van der Waals surface area contributed by atoms with Crippen molar-refractivity contribution in [3.8, 4) is 0 Å². The second-order valence-electron chi connectivity index (χ2n) is 35.9. The number of rotatable bonds is 23. The zero-order chi connectivity index (χ0) is 83.7. The first-order valence-corrected chi connectivity index (χ1v) is 41.2. The molecule has 111 heavy (non-hydrogen) atoms. The molecule has 0 bridgehead atoms. The number of ether oxygens (including phenoxy) is 13. The summed E-state index contributed by atoms with van der Waals surface area (Å²) in [7, 11) is 2.95. The molecule has 0 aromatic rings. The van der Waals surface area contributed by atoms with Crippen molar-refractivity contribution in [2.75, 3.05) is 33.9 Å². The molecule has 648 valence electrons. The number of carbonyl (C=O) groups is 4. The Hall–Kier alpha value is -3.16. The van der Waals surface area contributed by atoms with Gasteiger partial charge < -0.3 is 129 Å². The van der Waals surface area contributed by atoms with Gasteiger partial charge in [-0.1, -0.05) is 75.7 Å². The number of hydrogen-bond acceptors (Lipinski definition) is 28. The highest BCUT2D eigenvalue weighted by Crippen LogP contribution is 2.46. The van der Waals surface area contributed by atoms with Gasteiger partial charge in [0.15, 0.2) is 31.3 Å². The summed E-state index contributed by atoms with van der Waals surface area (Å²) in [4.78, 5) is 56.3. The number of nitrogens with two attached hydrogens (primary N) is 1. The second-order valence-corrected chi connectivity index (χ2v) is 35.9. The third kappa shape index (κ3) is 23.6. The van der Waals surface area contributed by atoms with Gasteiger partial charge in [-0.2, -0.15) is 0 Å². The number of unbranched alkanes of at least 4 members (excludes halogenated alkanes) is 2. The Morgan fingerprint density at radius 2 is 0.937 bits per heavy atom. The molecule has 2 amide bonds. The third-order valence-electron chi connectivity index (χ3n) is 26.0. The first-order chi connectivity index (χ1) is 51.5. The van der Waals surface area contributed by atoms with Crippen LogP contribution in [0, 0.1) is 59.2 Å². The average molecular weight is 1590 g/mol. The van der Waals surface area contributed by atoms with Crippen LogP contribution in [0.15, 0.2) is 0 Å². The predicted molar refractivity (Wildman–Crippen MR) is 409 cm³/mol. The highest BCUT2D eigenvalue weighted by atomic mass is 16.7. The van der Waals surface area contributed by atoms with Gasteiger partial charge in [0.05, 0.1) is 89.7 Å². The first kappa shape index (κ1) is 96.7. The summed E-state index contributed by atoms with van der Waals surface area (Å²) in [5.41, 5.74) is -2.99. The normalized spacial score (nSPS) is 47.9. The van der Waals surface area contributed by atoms with Gasteiger partial charge in [-0.05, 0) is 158 Å². The minimum Gasteiger partial charge on any atom is -0.459 e. The molecule has 16 unspecified atom stereocenters. The number of cyclic esters (lactones) is 2. The van der Waals surface area contributed by atoms with Gasteiger partial charge in [0, 0.05) is 88.9 Å². The SMILES string of the molecule is CC[C@H]1OC(=O)[C@H](C)[C@@H](OC2CC(C)(OC)C(OC(=O)NCCCCCC(=O)NCCN[C@@H]3[C@H](C)[C@@H](O)[C@](C)(O)[C@@H](CC)OC(=O)[C@H](C)[C@@H](OC4CC(C)(OC)C(O)C(C)O4)[C@H](C)[C@@H](OC4OC(C)CC(C)C4O)[C@](C)(O)C[C@H]3C)C(C)O2)[C@H](C)[C@@H](OC2OC(C)CC(C)C2O)[C@](C)(O)C[C@@H](C)[C@H](N)[C@H](C)[C@@H](O)[C@]1(C)O. The Labute approximate surface area is 660 Å². The average Bonchev–Trinajstić information content (AvgIpc) is 0.777. The Morgan fingerprint density at radius 1 is 0.495 bits per heavy atom. The number of carbonyl (C=O) groups excluding carboxylic acids is 4. The van der Waals surface area contributed by atoms with E-state index >= 15 is 0 Å². The van der Waals surface area contributed by atoms with Crippen molar-refractivity contribution < 1.29 is 127 Å². The van der Waals surface area contributed by atoms with Crippen LogP contribution >= 0.6 is 0 Å². The van der Waals surface area contributed by atoms with E-state index in [4.69, 9.17) is 67.3 Å². The fourth-order valence-corrected chi connectivity index (χ4v) is 18.8. The monoisotopic (exact) mass is 1590 g/mol. The van der Waals surface area contributed by atoms with Crippen molar-refractivity contribution in [1.82, 2.24) is 16.0 Å². The molecule has 38 atom stereocenters. The fourth-order valence-electron chi connectivity index (χ4n) is 18.8. The molecule has 6 aliphatic rings. The molecule has 0 spiro atoms. The lowest BCUT2D eigenvalue weighted by Crippen LogP contribution is -2.61. The van der Waals surface area contributed by atoms with Crippen LogP contribution in [0.1, 0.15) is 229 Å². The fraction of sp³-hybridized carbons (Fsp3) is 0.951. The van der Waals surface area contributed by atoms with Crippen LogP contribution in [0.25, 0.3) is 0 Å². The van der Waals surface area contributed by atoms with Crippen molar-refractivity contribution in [2.45, 2.75) is 398 Å². The molecule has 6 rings (SSSR count). The Kier molecular flexibility index (Phi) is 35.3. The lowest BCUT2D eigenvalue weighted by atomic mass is 9.72. The van der Waals surface area contributed by atoms with Crippen LogP contribution in [0.3, 0.4) is 0 Å². The largest absolute Gasteiger partial charge is 0.459 e. The molecular formula is C81H148N4O26. The number of hydrogen-bond donors (Lipinski definition) is 13. The maximum atomic E-state index is 14.6. The van der Waals surface area contributed by atoms with Crippen LogP contribution in [0.5, 0.6) is 0 Å². The summed E-state index contributed by atoms with van der Waals surface area (Å²) in [6, 6.07) is -1.43. The molecule has 6 saturated heterocycles.